The Balaban J connectivity index is 2.14. The van der Waals surface area contributed by atoms with Gasteiger partial charge in [0, 0.05) is 24.8 Å². The average molecular weight is 280 g/mol. The standard InChI is InChI=1S/C17H20N4/c1-4-18-16(17-19-9-10-21(17)3)15-11-12(2)13-7-5-6-8-14(13)20-15/h5-11,16,18H,4H2,1-3H3. The summed E-state index contributed by atoms with van der Waals surface area (Å²) < 4.78 is 2.04. The lowest BCUT2D eigenvalue weighted by Gasteiger charge is -2.18. The van der Waals surface area contributed by atoms with Gasteiger partial charge in [0.15, 0.2) is 0 Å². The summed E-state index contributed by atoms with van der Waals surface area (Å²) in [7, 11) is 2.01. The Labute approximate surface area is 124 Å². The molecule has 0 radical (unpaired) electrons. The highest BCUT2D eigenvalue weighted by Crippen LogP contribution is 2.24. The molecule has 3 rings (SSSR count). The van der Waals surface area contributed by atoms with Crippen LogP contribution in [0.2, 0.25) is 0 Å². The van der Waals surface area contributed by atoms with Crippen molar-refractivity contribution in [3.63, 3.8) is 0 Å². The first kappa shape index (κ1) is 13.8. The van der Waals surface area contributed by atoms with Crippen LogP contribution in [0.25, 0.3) is 10.9 Å². The second kappa shape index (κ2) is 5.66. The summed E-state index contributed by atoms with van der Waals surface area (Å²) in [5.74, 6) is 0.985. The quantitative estimate of drug-likeness (QED) is 0.799. The number of benzene rings is 1. The predicted molar refractivity (Wildman–Crippen MR) is 85.2 cm³/mol. The van der Waals surface area contributed by atoms with Crippen LogP contribution in [0.15, 0.2) is 42.7 Å². The average Bonchev–Trinajstić information content (AvgIpc) is 2.91. The summed E-state index contributed by atoms with van der Waals surface area (Å²) in [5.41, 5.74) is 3.29. The van der Waals surface area contributed by atoms with Crippen LogP contribution in [0, 0.1) is 6.92 Å². The van der Waals surface area contributed by atoms with Crippen LogP contribution in [-0.4, -0.2) is 21.1 Å². The van der Waals surface area contributed by atoms with Crippen LogP contribution in [0.5, 0.6) is 0 Å². The molecule has 0 bridgehead atoms. The Kier molecular flexibility index (Phi) is 3.71. The van der Waals surface area contributed by atoms with E-state index in [1.54, 1.807) is 0 Å². The van der Waals surface area contributed by atoms with Crippen molar-refractivity contribution in [2.24, 2.45) is 7.05 Å². The summed E-state index contributed by atoms with van der Waals surface area (Å²) in [6, 6.07) is 10.4. The molecule has 0 saturated carbocycles. The van der Waals surface area contributed by atoms with E-state index in [0.717, 1.165) is 23.6 Å². The van der Waals surface area contributed by atoms with E-state index in [9.17, 15) is 0 Å². The molecule has 1 atom stereocenters. The third-order valence-corrected chi connectivity index (χ3v) is 3.76. The van der Waals surface area contributed by atoms with Gasteiger partial charge in [-0.05, 0) is 31.2 Å². The van der Waals surface area contributed by atoms with E-state index in [0.29, 0.717) is 0 Å². The van der Waals surface area contributed by atoms with Crippen molar-refractivity contribution < 1.29 is 0 Å². The monoisotopic (exact) mass is 280 g/mol. The molecule has 108 valence electrons. The van der Waals surface area contributed by atoms with E-state index in [1.165, 1.54) is 10.9 Å². The van der Waals surface area contributed by atoms with E-state index >= 15 is 0 Å². The van der Waals surface area contributed by atoms with Gasteiger partial charge >= 0.3 is 0 Å². The molecule has 0 aliphatic rings. The first-order valence-corrected chi connectivity index (χ1v) is 7.27. The molecule has 4 nitrogen and oxygen atoms in total. The fourth-order valence-corrected chi connectivity index (χ4v) is 2.71. The van der Waals surface area contributed by atoms with E-state index in [2.05, 4.69) is 48.4 Å². The minimum Gasteiger partial charge on any atom is -0.336 e. The second-order valence-corrected chi connectivity index (χ2v) is 5.27. The number of imidazole rings is 1. The molecule has 2 heterocycles. The minimum absolute atomic E-state index is 0.0123. The largest absolute Gasteiger partial charge is 0.336 e. The van der Waals surface area contributed by atoms with Crippen LogP contribution in [-0.2, 0) is 7.05 Å². The van der Waals surface area contributed by atoms with Gasteiger partial charge in [0.1, 0.15) is 11.9 Å². The van der Waals surface area contributed by atoms with Crippen molar-refractivity contribution >= 4 is 10.9 Å². The van der Waals surface area contributed by atoms with Gasteiger partial charge in [-0.25, -0.2) is 4.98 Å². The molecule has 2 aromatic heterocycles. The number of hydrogen-bond donors (Lipinski definition) is 1. The zero-order valence-electron chi connectivity index (χ0n) is 12.7. The van der Waals surface area contributed by atoms with E-state index in [4.69, 9.17) is 4.98 Å². The van der Waals surface area contributed by atoms with Crippen molar-refractivity contribution in [2.75, 3.05) is 6.54 Å². The molecule has 1 unspecified atom stereocenters. The Morgan fingerprint density at radius 2 is 2.10 bits per heavy atom. The summed E-state index contributed by atoms with van der Waals surface area (Å²) in [6.45, 7) is 5.10. The van der Waals surface area contributed by atoms with Gasteiger partial charge in [-0.15, -0.1) is 0 Å². The molecule has 4 heteroatoms. The van der Waals surface area contributed by atoms with Crippen molar-refractivity contribution in [3.8, 4) is 0 Å². The molecule has 0 saturated heterocycles. The number of aromatic nitrogens is 3. The highest BCUT2D eigenvalue weighted by atomic mass is 15.1. The molecule has 0 aliphatic carbocycles. The topological polar surface area (TPSA) is 42.7 Å². The summed E-state index contributed by atoms with van der Waals surface area (Å²) in [5, 5.41) is 4.69. The third-order valence-electron chi connectivity index (χ3n) is 3.76. The van der Waals surface area contributed by atoms with Crippen molar-refractivity contribution in [1.82, 2.24) is 19.9 Å². The highest BCUT2D eigenvalue weighted by Gasteiger charge is 2.19. The second-order valence-electron chi connectivity index (χ2n) is 5.27. The number of fused-ring (bicyclic) bond motifs is 1. The molecule has 0 spiro atoms. The lowest BCUT2D eigenvalue weighted by molar-refractivity contribution is 0.566. The zero-order valence-corrected chi connectivity index (χ0v) is 12.7. The maximum absolute atomic E-state index is 4.84. The van der Waals surface area contributed by atoms with Crippen molar-refractivity contribution in [2.45, 2.75) is 19.9 Å². The fraction of sp³-hybridized carbons (Fsp3) is 0.294. The molecule has 0 fully saturated rings. The number of rotatable bonds is 4. The highest BCUT2D eigenvalue weighted by molar-refractivity contribution is 5.82. The van der Waals surface area contributed by atoms with Gasteiger partial charge in [-0.1, -0.05) is 25.1 Å². The van der Waals surface area contributed by atoms with E-state index in [1.807, 2.05) is 30.1 Å². The van der Waals surface area contributed by atoms with Gasteiger partial charge in [-0.2, -0.15) is 0 Å². The number of nitrogens with zero attached hydrogens (tertiary/aromatic N) is 3. The van der Waals surface area contributed by atoms with Crippen LogP contribution >= 0.6 is 0 Å². The Morgan fingerprint density at radius 3 is 2.81 bits per heavy atom. The SMILES string of the molecule is CCNC(c1cc(C)c2ccccc2n1)c1nccn1C. The van der Waals surface area contributed by atoms with Gasteiger partial charge in [0.05, 0.1) is 11.2 Å². The number of pyridine rings is 1. The Bertz CT molecular complexity index is 760. The normalized spacial score (nSPS) is 12.7. The van der Waals surface area contributed by atoms with Crippen LogP contribution in [0.1, 0.15) is 30.0 Å². The van der Waals surface area contributed by atoms with Gasteiger partial charge in [0.2, 0.25) is 0 Å². The zero-order chi connectivity index (χ0) is 14.8. The Hall–Kier alpha value is -2.20. The number of nitrogens with one attached hydrogen (secondary N) is 1. The predicted octanol–water partition coefficient (Wildman–Crippen LogP) is 2.98. The van der Waals surface area contributed by atoms with Gasteiger partial charge < -0.3 is 9.88 Å². The van der Waals surface area contributed by atoms with Gasteiger partial charge in [0.25, 0.3) is 0 Å². The molecule has 21 heavy (non-hydrogen) atoms. The lowest BCUT2D eigenvalue weighted by atomic mass is 10.1. The summed E-state index contributed by atoms with van der Waals surface area (Å²) in [4.78, 5) is 9.32. The lowest BCUT2D eigenvalue weighted by Crippen LogP contribution is -2.25. The number of hydrogen-bond acceptors (Lipinski definition) is 3. The first-order chi connectivity index (χ1) is 10.2. The van der Waals surface area contributed by atoms with Crippen molar-refractivity contribution in [3.05, 3.63) is 59.8 Å². The van der Waals surface area contributed by atoms with Crippen LogP contribution < -0.4 is 5.32 Å². The van der Waals surface area contributed by atoms with Crippen LogP contribution in [0.4, 0.5) is 0 Å². The third kappa shape index (κ3) is 2.54. The molecule has 3 aromatic rings. The van der Waals surface area contributed by atoms with Crippen LogP contribution in [0.3, 0.4) is 0 Å². The molecular formula is C17H20N4. The summed E-state index contributed by atoms with van der Waals surface area (Å²) >= 11 is 0. The van der Waals surface area contributed by atoms with Crippen molar-refractivity contribution in [1.29, 1.82) is 0 Å². The molecule has 0 amide bonds. The molecular weight excluding hydrogens is 260 g/mol. The summed E-state index contributed by atoms with van der Waals surface area (Å²) in [6.07, 6.45) is 3.79. The first-order valence-electron chi connectivity index (χ1n) is 7.27. The molecule has 1 aromatic carbocycles. The maximum atomic E-state index is 4.84. The smallest absolute Gasteiger partial charge is 0.131 e. The fourth-order valence-electron chi connectivity index (χ4n) is 2.71. The van der Waals surface area contributed by atoms with E-state index in [-0.39, 0.29) is 6.04 Å². The molecule has 1 N–H and O–H groups in total. The maximum Gasteiger partial charge on any atom is 0.131 e. The Morgan fingerprint density at radius 1 is 1.29 bits per heavy atom. The molecule has 0 aliphatic heterocycles. The number of para-hydroxylation sites is 1. The number of aryl methyl sites for hydroxylation is 2. The van der Waals surface area contributed by atoms with Gasteiger partial charge in [-0.3, -0.25) is 4.98 Å². The minimum atomic E-state index is 0.0123. The van der Waals surface area contributed by atoms with E-state index < -0.39 is 0 Å².